The summed E-state index contributed by atoms with van der Waals surface area (Å²) in [5, 5.41) is 9.18. The lowest BCUT2D eigenvalue weighted by molar-refractivity contribution is 0.0936. The zero-order valence-electron chi connectivity index (χ0n) is 22.6. The Balaban J connectivity index is 1.38. The Morgan fingerprint density at radius 2 is 1.69 bits per heavy atom. The molecule has 0 atom stereocenters. The second-order valence-electron chi connectivity index (χ2n) is 9.53. The summed E-state index contributed by atoms with van der Waals surface area (Å²) in [4.78, 5) is 31.4. The number of aromatic nitrogens is 1. The number of rotatable bonds is 11. The van der Waals surface area contributed by atoms with Crippen molar-refractivity contribution in [1.29, 1.82) is 0 Å². The molecule has 1 heterocycles. The van der Waals surface area contributed by atoms with Crippen LogP contribution < -0.4 is 31.9 Å². The number of halogens is 1. The van der Waals surface area contributed by atoms with Crippen LogP contribution in [0.4, 0.5) is 10.5 Å². The number of benzene rings is 2. The second-order valence-corrected chi connectivity index (χ2v) is 9.97. The molecule has 0 saturated heterocycles. The summed E-state index contributed by atoms with van der Waals surface area (Å²) in [7, 11) is 0. The Labute approximate surface area is 234 Å². The van der Waals surface area contributed by atoms with Crippen LogP contribution >= 0.6 is 11.6 Å². The largest absolute Gasteiger partial charge is 0.355 e. The van der Waals surface area contributed by atoms with Gasteiger partial charge in [-0.3, -0.25) is 15.2 Å². The monoisotopic (exact) mass is 546 g/mol. The summed E-state index contributed by atoms with van der Waals surface area (Å²) in [5.74, 6) is -0.443. The summed E-state index contributed by atoms with van der Waals surface area (Å²) >= 11 is 6.14. The third kappa shape index (κ3) is 7.16. The molecule has 1 aliphatic carbocycles. The molecule has 1 aliphatic rings. The highest BCUT2D eigenvalue weighted by Crippen LogP contribution is 2.23. The van der Waals surface area contributed by atoms with Gasteiger partial charge in [-0.1, -0.05) is 43.6 Å². The van der Waals surface area contributed by atoms with E-state index in [2.05, 4.69) is 64.3 Å². The van der Waals surface area contributed by atoms with Crippen LogP contribution in [0.5, 0.6) is 0 Å². The average molecular weight is 547 g/mol. The summed E-state index contributed by atoms with van der Waals surface area (Å²) < 4.78 is 0. The second kappa shape index (κ2) is 13.3. The SMILES string of the molecule is CCCN(CCC)CCNC(=O)NNC(=O)c1cncc(-c2ccc3c(c2)=C(Nc2cccc(Cl)c2)C=3C)c1. The van der Waals surface area contributed by atoms with E-state index in [4.69, 9.17) is 11.6 Å². The van der Waals surface area contributed by atoms with Gasteiger partial charge in [-0.05, 0) is 79.5 Å². The predicted octanol–water partition coefficient (Wildman–Crippen LogP) is 3.87. The molecule has 0 saturated carbocycles. The Hall–Kier alpha value is -3.88. The summed E-state index contributed by atoms with van der Waals surface area (Å²) in [6.45, 7) is 9.62. The Morgan fingerprint density at radius 1 is 0.897 bits per heavy atom. The van der Waals surface area contributed by atoms with Crippen molar-refractivity contribution >= 4 is 40.5 Å². The van der Waals surface area contributed by atoms with E-state index < -0.39 is 11.9 Å². The van der Waals surface area contributed by atoms with Gasteiger partial charge < -0.3 is 15.5 Å². The normalized spacial score (nSPS) is 12.0. The summed E-state index contributed by atoms with van der Waals surface area (Å²) in [6, 6.07) is 15.1. The van der Waals surface area contributed by atoms with Crippen molar-refractivity contribution in [2.45, 2.75) is 33.6 Å². The van der Waals surface area contributed by atoms with Gasteiger partial charge in [0.05, 0.1) is 5.56 Å². The smallest absolute Gasteiger partial charge is 0.333 e. The molecule has 8 nitrogen and oxygen atoms in total. The standard InChI is InChI=1S/C30H35ClN6O2/c1-4-12-37(13-5-2)14-11-33-30(39)36-35-29(38)23-15-22(18-32-19-23)21-9-10-26-20(3)28(27(26)16-21)34-25-8-6-7-24(31)17-25/h6-10,15-19,34H,4-5,11-14H2,1-3H3,(H,35,38)(H2,33,36,39). The maximum atomic E-state index is 12.7. The number of anilines is 1. The molecule has 3 aromatic rings. The van der Waals surface area contributed by atoms with Gasteiger partial charge in [0, 0.05) is 52.7 Å². The highest BCUT2D eigenvalue weighted by Gasteiger charge is 2.16. The van der Waals surface area contributed by atoms with E-state index >= 15 is 0 Å². The number of carbonyl (C=O) groups excluding carboxylic acids is 2. The molecule has 4 rings (SSSR count). The van der Waals surface area contributed by atoms with Gasteiger partial charge in [-0.2, -0.15) is 0 Å². The van der Waals surface area contributed by atoms with Crippen molar-refractivity contribution in [2.75, 3.05) is 31.5 Å². The minimum absolute atomic E-state index is 0.344. The number of fused-ring (bicyclic) bond motifs is 1. The minimum Gasteiger partial charge on any atom is -0.355 e. The minimum atomic E-state index is -0.454. The Bertz CT molecular complexity index is 1470. The molecule has 9 heteroatoms. The van der Waals surface area contributed by atoms with E-state index in [9.17, 15) is 9.59 Å². The molecular weight excluding hydrogens is 512 g/mol. The van der Waals surface area contributed by atoms with Gasteiger partial charge >= 0.3 is 6.03 Å². The summed E-state index contributed by atoms with van der Waals surface area (Å²) in [5.41, 5.74) is 10.1. The zero-order valence-corrected chi connectivity index (χ0v) is 23.4. The molecule has 0 unspecified atom stereocenters. The Kier molecular flexibility index (Phi) is 9.57. The molecule has 4 N–H and O–H groups in total. The van der Waals surface area contributed by atoms with Crippen molar-refractivity contribution in [3.05, 3.63) is 81.9 Å². The van der Waals surface area contributed by atoms with Gasteiger partial charge in [-0.25, -0.2) is 10.2 Å². The number of hydrogen-bond acceptors (Lipinski definition) is 5. The molecule has 0 fully saturated rings. The molecular formula is C30H35ClN6O2. The highest BCUT2D eigenvalue weighted by molar-refractivity contribution is 6.30. The van der Waals surface area contributed by atoms with Gasteiger partial charge in [0.2, 0.25) is 0 Å². The molecule has 204 valence electrons. The van der Waals surface area contributed by atoms with Crippen LogP contribution in [0.1, 0.15) is 44.0 Å². The van der Waals surface area contributed by atoms with Crippen molar-refractivity contribution in [3.8, 4) is 11.1 Å². The van der Waals surface area contributed by atoms with Crippen molar-refractivity contribution in [2.24, 2.45) is 0 Å². The third-order valence-electron chi connectivity index (χ3n) is 6.58. The summed E-state index contributed by atoms with van der Waals surface area (Å²) in [6.07, 6.45) is 5.33. The lowest BCUT2D eigenvalue weighted by atomic mass is 9.93. The number of hydrogen-bond donors (Lipinski definition) is 4. The first-order chi connectivity index (χ1) is 18.9. The predicted molar refractivity (Wildman–Crippen MR) is 158 cm³/mol. The first kappa shape index (κ1) is 28.1. The van der Waals surface area contributed by atoms with E-state index in [-0.39, 0.29) is 0 Å². The van der Waals surface area contributed by atoms with Crippen LogP contribution in [0.25, 0.3) is 22.4 Å². The fourth-order valence-electron chi connectivity index (χ4n) is 4.65. The molecule has 0 bridgehead atoms. The van der Waals surface area contributed by atoms with Crippen LogP contribution in [0, 0.1) is 0 Å². The van der Waals surface area contributed by atoms with Crippen molar-refractivity contribution in [1.82, 2.24) is 26.1 Å². The van der Waals surface area contributed by atoms with E-state index in [0.29, 0.717) is 17.1 Å². The Morgan fingerprint density at radius 3 is 2.44 bits per heavy atom. The van der Waals surface area contributed by atoms with Crippen molar-refractivity contribution < 1.29 is 9.59 Å². The van der Waals surface area contributed by atoms with E-state index in [0.717, 1.165) is 60.2 Å². The third-order valence-corrected chi connectivity index (χ3v) is 6.81. The number of urea groups is 1. The number of carbonyl (C=O) groups is 2. The first-order valence-electron chi connectivity index (χ1n) is 13.3. The molecule has 1 aromatic heterocycles. The maximum absolute atomic E-state index is 12.7. The zero-order chi connectivity index (χ0) is 27.8. The topological polar surface area (TPSA) is 98.4 Å². The van der Waals surface area contributed by atoms with Gasteiger partial charge in [0.15, 0.2) is 0 Å². The molecule has 3 amide bonds. The highest BCUT2D eigenvalue weighted by atomic mass is 35.5. The number of amides is 3. The quantitative estimate of drug-likeness (QED) is 0.274. The van der Waals surface area contributed by atoms with Crippen LogP contribution in [0.3, 0.4) is 0 Å². The first-order valence-corrected chi connectivity index (χ1v) is 13.7. The van der Waals surface area contributed by atoms with Gasteiger partial charge in [0.25, 0.3) is 5.91 Å². The maximum Gasteiger partial charge on any atom is 0.333 e. The lowest BCUT2D eigenvalue weighted by Crippen LogP contribution is -2.48. The van der Waals surface area contributed by atoms with E-state index in [1.807, 2.05) is 30.3 Å². The van der Waals surface area contributed by atoms with E-state index in [1.54, 1.807) is 12.3 Å². The molecule has 0 spiro atoms. The van der Waals surface area contributed by atoms with Crippen LogP contribution in [0.2, 0.25) is 5.02 Å². The van der Waals surface area contributed by atoms with E-state index in [1.165, 1.54) is 17.0 Å². The van der Waals surface area contributed by atoms with Gasteiger partial charge in [0.1, 0.15) is 0 Å². The van der Waals surface area contributed by atoms with Gasteiger partial charge in [-0.15, -0.1) is 0 Å². The molecule has 0 radical (unpaired) electrons. The molecule has 0 aliphatic heterocycles. The van der Waals surface area contributed by atoms with Crippen LogP contribution in [-0.4, -0.2) is 48.0 Å². The number of nitrogens with one attached hydrogen (secondary N) is 4. The number of nitrogens with zero attached hydrogens (tertiary/aromatic N) is 2. The average Bonchev–Trinajstić information content (AvgIpc) is 2.94. The molecule has 39 heavy (non-hydrogen) atoms. The fourth-order valence-corrected chi connectivity index (χ4v) is 4.84. The van der Waals surface area contributed by atoms with Crippen LogP contribution in [-0.2, 0) is 0 Å². The fraction of sp³-hybridized carbons (Fsp3) is 0.300. The van der Waals surface area contributed by atoms with Crippen molar-refractivity contribution in [3.63, 3.8) is 0 Å². The molecule has 2 aromatic carbocycles. The lowest BCUT2D eigenvalue weighted by Gasteiger charge is -2.21. The number of pyridine rings is 1. The van der Waals surface area contributed by atoms with Crippen LogP contribution in [0.15, 0.2) is 60.9 Å². The number of hydrazine groups is 1.